The van der Waals surface area contributed by atoms with Crippen molar-refractivity contribution < 1.29 is 4.52 Å². The second-order valence-electron chi connectivity index (χ2n) is 6.39. The van der Waals surface area contributed by atoms with Gasteiger partial charge in [-0.25, -0.2) is 0 Å². The van der Waals surface area contributed by atoms with Gasteiger partial charge in [0.25, 0.3) is 0 Å². The molecule has 1 aromatic heterocycles. The van der Waals surface area contributed by atoms with Crippen LogP contribution in [0.25, 0.3) is 0 Å². The molecule has 1 saturated carbocycles. The van der Waals surface area contributed by atoms with Crippen LogP contribution in [-0.4, -0.2) is 16.7 Å². The number of aromatic nitrogens is 2. The molecule has 1 aliphatic carbocycles. The molecule has 0 aliphatic heterocycles. The molecule has 1 atom stereocenters. The van der Waals surface area contributed by atoms with E-state index in [0.717, 1.165) is 43.4 Å². The molecule has 20 heavy (non-hydrogen) atoms. The van der Waals surface area contributed by atoms with Crippen molar-refractivity contribution in [1.29, 1.82) is 0 Å². The molecule has 0 spiro atoms. The highest BCUT2D eigenvalue weighted by Crippen LogP contribution is 2.34. The second kappa shape index (κ2) is 7.77. The number of nitrogens with zero attached hydrogens (tertiary/aromatic N) is 2. The zero-order valence-electron chi connectivity index (χ0n) is 13.0. The van der Waals surface area contributed by atoms with Crippen LogP contribution in [0.15, 0.2) is 4.52 Å². The zero-order chi connectivity index (χ0) is 14.4. The third kappa shape index (κ3) is 4.30. The lowest BCUT2D eigenvalue weighted by atomic mass is 9.83. The first-order valence-electron chi connectivity index (χ1n) is 8.25. The Kier molecular flexibility index (Phi) is 6.02. The average molecular weight is 279 g/mol. The maximum Gasteiger partial charge on any atom is 0.226 e. The van der Waals surface area contributed by atoms with Gasteiger partial charge in [0.15, 0.2) is 5.82 Å². The summed E-state index contributed by atoms with van der Waals surface area (Å²) in [6.45, 7) is 5.33. The molecule has 4 nitrogen and oxygen atoms in total. The van der Waals surface area contributed by atoms with Gasteiger partial charge in [0.1, 0.15) is 0 Å². The van der Waals surface area contributed by atoms with Crippen molar-refractivity contribution in [2.75, 3.05) is 6.54 Å². The van der Waals surface area contributed by atoms with E-state index in [1.54, 1.807) is 0 Å². The minimum Gasteiger partial charge on any atom is -0.339 e. The number of hydrogen-bond acceptors (Lipinski definition) is 4. The van der Waals surface area contributed by atoms with Crippen molar-refractivity contribution >= 4 is 0 Å². The molecular weight excluding hydrogens is 250 g/mol. The van der Waals surface area contributed by atoms with Gasteiger partial charge >= 0.3 is 0 Å². The summed E-state index contributed by atoms with van der Waals surface area (Å²) in [5, 5.41) is 4.20. The Labute approximate surface area is 122 Å². The summed E-state index contributed by atoms with van der Waals surface area (Å²) in [5.74, 6) is 3.83. The Bertz CT molecular complexity index is 383. The highest BCUT2D eigenvalue weighted by Gasteiger charge is 2.24. The Hall–Kier alpha value is -0.900. The highest BCUT2D eigenvalue weighted by atomic mass is 16.5. The fourth-order valence-electron chi connectivity index (χ4n) is 3.17. The third-order valence-corrected chi connectivity index (χ3v) is 4.78. The van der Waals surface area contributed by atoms with Crippen molar-refractivity contribution in [2.24, 2.45) is 17.6 Å². The molecule has 0 aromatic carbocycles. The van der Waals surface area contributed by atoms with Crippen LogP contribution in [0.3, 0.4) is 0 Å². The van der Waals surface area contributed by atoms with E-state index in [0.29, 0.717) is 11.8 Å². The van der Waals surface area contributed by atoms with Crippen LogP contribution in [0.1, 0.15) is 76.4 Å². The van der Waals surface area contributed by atoms with Crippen LogP contribution in [0.5, 0.6) is 0 Å². The highest BCUT2D eigenvalue weighted by molar-refractivity contribution is 4.97. The molecule has 1 aliphatic rings. The second-order valence-corrected chi connectivity index (χ2v) is 6.39. The lowest BCUT2D eigenvalue weighted by Crippen LogP contribution is -2.12. The smallest absolute Gasteiger partial charge is 0.226 e. The average Bonchev–Trinajstić information content (AvgIpc) is 2.93. The van der Waals surface area contributed by atoms with Crippen molar-refractivity contribution in [2.45, 2.75) is 71.1 Å². The van der Waals surface area contributed by atoms with Gasteiger partial charge in [-0.05, 0) is 44.1 Å². The van der Waals surface area contributed by atoms with E-state index in [1.807, 2.05) is 0 Å². The molecule has 1 fully saturated rings. The Morgan fingerprint density at radius 2 is 2.00 bits per heavy atom. The van der Waals surface area contributed by atoms with Gasteiger partial charge in [-0.2, -0.15) is 4.98 Å². The monoisotopic (exact) mass is 279 g/mol. The largest absolute Gasteiger partial charge is 0.339 e. The Balaban J connectivity index is 1.82. The normalized spacial score (nSPS) is 24.8. The zero-order valence-corrected chi connectivity index (χ0v) is 13.0. The standard InChI is InChI=1S/C16H29N3O/c1-3-13(10-11-17)6-9-15-18-16(19-20-15)14-7-4-12(2)5-8-14/h12-14H,3-11,17H2,1-2H3. The minimum absolute atomic E-state index is 0.523. The predicted octanol–water partition coefficient (Wildman–Crippen LogP) is 3.67. The number of hydrogen-bond donors (Lipinski definition) is 1. The van der Waals surface area contributed by atoms with E-state index in [-0.39, 0.29) is 0 Å². The quantitative estimate of drug-likeness (QED) is 0.827. The molecule has 4 heteroatoms. The molecule has 114 valence electrons. The summed E-state index contributed by atoms with van der Waals surface area (Å²) < 4.78 is 5.43. The summed E-state index contributed by atoms with van der Waals surface area (Å²) in [4.78, 5) is 4.62. The van der Waals surface area contributed by atoms with Crippen LogP contribution in [-0.2, 0) is 6.42 Å². The van der Waals surface area contributed by atoms with Crippen molar-refractivity contribution in [3.05, 3.63) is 11.7 Å². The summed E-state index contributed by atoms with van der Waals surface area (Å²) >= 11 is 0. The van der Waals surface area contributed by atoms with Gasteiger partial charge in [-0.3, -0.25) is 0 Å². The van der Waals surface area contributed by atoms with E-state index >= 15 is 0 Å². The Morgan fingerprint density at radius 3 is 2.65 bits per heavy atom. The van der Waals surface area contributed by atoms with Gasteiger partial charge in [-0.15, -0.1) is 0 Å². The first-order valence-corrected chi connectivity index (χ1v) is 8.25. The molecule has 1 unspecified atom stereocenters. The third-order valence-electron chi connectivity index (χ3n) is 4.78. The maximum absolute atomic E-state index is 5.64. The fourth-order valence-corrected chi connectivity index (χ4v) is 3.17. The van der Waals surface area contributed by atoms with Gasteiger partial charge in [0, 0.05) is 12.3 Å². The number of aryl methyl sites for hydroxylation is 1. The van der Waals surface area contributed by atoms with Gasteiger partial charge < -0.3 is 10.3 Å². The molecule has 0 amide bonds. The maximum atomic E-state index is 5.64. The predicted molar refractivity (Wildman–Crippen MR) is 80.4 cm³/mol. The summed E-state index contributed by atoms with van der Waals surface area (Å²) in [6, 6.07) is 0. The topological polar surface area (TPSA) is 64.9 Å². The summed E-state index contributed by atoms with van der Waals surface area (Å²) in [5.41, 5.74) is 5.64. The van der Waals surface area contributed by atoms with Crippen molar-refractivity contribution in [3.8, 4) is 0 Å². The lowest BCUT2D eigenvalue weighted by molar-refractivity contribution is 0.320. The number of rotatable bonds is 7. The van der Waals surface area contributed by atoms with Crippen LogP contribution in [0.2, 0.25) is 0 Å². The van der Waals surface area contributed by atoms with Gasteiger partial charge in [-0.1, -0.05) is 38.3 Å². The molecule has 0 radical (unpaired) electrons. The molecule has 2 N–H and O–H groups in total. The van der Waals surface area contributed by atoms with Gasteiger partial charge in [0.05, 0.1) is 0 Å². The van der Waals surface area contributed by atoms with Crippen LogP contribution < -0.4 is 5.73 Å². The van der Waals surface area contributed by atoms with E-state index in [4.69, 9.17) is 10.3 Å². The van der Waals surface area contributed by atoms with E-state index in [1.165, 1.54) is 32.1 Å². The van der Waals surface area contributed by atoms with Crippen LogP contribution in [0.4, 0.5) is 0 Å². The first-order chi connectivity index (χ1) is 9.72. The van der Waals surface area contributed by atoms with Crippen molar-refractivity contribution in [3.63, 3.8) is 0 Å². The molecular formula is C16H29N3O. The van der Waals surface area contributed by atoms with E-state index < -0.39 is 0 Å². The number of nitrogens with two attached hydrogens (primary N) is 1. The van der Waals surface area contributed by atoms with Crippen LogP contribution in [0, 0.1) is 11.8 Å². The molecule has 1 heterocycles. The summed E-state index contributed by atoms with van der Waals surface area (Å²) in [6.07, 6.45) is 9.30. The summed E-state index contributed by atoms with van der Waals surface area (Å²) in [7, 11) is 0. The van der Waals surface area contributed by atoms with E-state index in [9.17, 15) is 0 Å². The first kappa shape index (κ1) is 15.5. The molecule has 1 aromatic rings. The lowest BCUT2D eigenvalue weighted by Gasteiger charge is -2.23. The fraction of sp³-hybridized carbons (Fsp3) is 0.875. The minimum atomic E-state index is 0.523. The SMILES string of the molecule is CCC(CCN)CCc1nc(C2CCC(C)CC2)no1. The molecule has 0 saturated heterocycles. The van der Waals surface area contributed by atoms with Crippen LogP contribution >= 0.6 is 0 Å². The van der Waals surface area contributed by atoms with Gasteiger partial charge in [0.2, 0.25) is 5.89 Å². The Morgan fingerprint density at radius 1 is 1.25 bits per heavy atom. The van der Waals surface area contributed by atoms with Crippen molar-refractivity contribution in [1.82, 2.24) is 10.1 Å². The van der Waals surface area contributed by atoms with E-state index in [2.05, 4.69) is 24.0 Å². The molecule has 0 bridgehead atoms. The molecule has 2 rings (SSSR count).